The van der Waals surface area contributed by atoms with Gasteiger partial charge in [0.2, 0.25) is 0 Å². The number of aromatic amines is 1. The van der Waals surface area contributed by atoms with Gasteiger partial charge >= 0.3 is 0 Å². The van der Waals surface area contributed by atoms with E-state index >= 15 is 0 Å². The third-order valence-electron chi connectivity index (χ3n) is 5.78. The Morgan fingerprint density at radius 2 is 1.74 bits per heavy atom. The molecule has 1 fully saturated rings. The molecule has 0 unspecified atom stereocenters. The first-order chi connectivity index (χ1) is 15.0. The number of nitrogen functional groups attached to an aromatic ring is 1. The van der Waals surface area contributed by atoms with E-state index in [0.29, 0.717) is 17.2 Å². The molecular weight excluding hydrogens is 422 g/mol. The molecule has 31 heavy (non-hydrogen) atoms. The summed E-state index contributed by atoms with van der Waals surface area (Å²) in [5, 5.41) is 11.0. The van der Waals surface area contributed by atoms with Gasteiger partial charge in [-0.2, -0.15) is 5.10 Å². The fraction of sp³-hybridized carbons (Fsp3) is 0.227. The summed E-state index contributed by atoms with van der Waals surface area (Å²) < 4.78 is 28.1. The second-order valence-corrected chi connectivity index (χ2v) is 8.03. The maximum atomic E-state index is 14.1. The number of rotatable bonds is 3. The van der Waals surface area contributed by atoms with Crippen molar-refractivity contribution < 1.29 is 8.78 Å². The first-order valence-electron chi connectivity index (χ1n) is 9.96. The van der Waals surface area contributed by atoms with Crippen LogP contribution in [-0.2, 0) is 0 Å². The maximum Gasteiger partial charge on any atom is 0.145 e. The van der Waals surface area contributed by atoms with Crippen molar-refractivity contribution >= 4 is 28.2 Å². The molecule has 0 atom stereocenters. The summed E-state index contributed by atoms with van der Waals surface area (Å²) in [5.74, 6) is -0.909. The molecule has 4 heterocycles. The summed E-state index contributed by atoms with van der Waals surface area (Å²) in [7, 11) is 0. The lowest BCUT2D eigenvalue weighted by molar-refractivity contribution is 0.453. The number of nitrogens with zero attached hydrogens (tertiary/aromatic N) is 3. The number of benzene rings is 1. The van der Waals surface area contributed by atoms with Gasteiger partial charge in [0.15, 0.2) is 0 Å². The normalized spacial score (nSPS) is 14.9. The molecule has 1 saturated heterocycles. The van der Waals surface area contributed by atoms with Crippen LogP contribution in [0.1, 0.15) is 24.5 Å². The minimum absolute atomic E-state index is 0.140. The molecule has 0 radical (unpaired) electrons. The van der Waals surface area contributed by atoms with E-state index in [1.165, 1.54) is 12.3 Å². The number of pyridine rings is 2. The van der Waals surface area contributed by atoms with E-state index in [1.54, 1.807) is 12.4 Å². The molecule has 4 aromatic rings. The number of H-pyrrole nitrogens is 1. The molecule has 4 N–H and O–H groups in total. The van der Waals surface area contributed by atoms with Crippen molar-refractivity contribution in [2.24, 2.45) is 0 Å². The molecule has 3 aromatic heterocycles. The number of hydrogen-bond donors (Lipinski definition) is 3. The zero-order valence-electron chi connectivity index (χ0n) is 16.4. The van der Waals surface area contributed by atoms with Crippen molar-refractivity contribution in [3.8, 4) is 22.4 Å². The van der Waals surface area contributed by atoms with Crippen molar-refractivity contribution in [3.05, 3.63) is 59.1 Å². The van der Waals surface area contributed by atoms with Crippen LogP contribution in [0, 0.1) is 11.6 Å². The Kier molecular flexibility index (Phi) is 5.03. The molecule has 0 amide bonds. The highest BCUT2D eigenvalue weighted by Gasteiger charge is 2.22. The maximum absolute atomic E-state index is 14.1. The van der Waals surface area contributed by atoms with E-state index < -0.39 is 11.6 Å². The summed E-state index contributed by atoms with van der Waals surface area (Å²) in [6, 6.07) is 4.16. The Bertz CT molecular complexity index is 1280. The number of aromatic nitrogens is 4. The summed E-state index contributed by atoms with van der Waals surface area (Å²) >= 11 is 6.08. The van der Waals surface area contributed by atoms with Gasteiger partial charge in [-0.15, -0.1) is 0 Å². The minimum atomic E-state index is -0.825. The van der Waals surface area contributed by atoms with Crippen LogP contribution >= 0.6 is 11.6 Å². The Morgan fingerprint density at radius 1 is 0.935 bits per heavy atom. The topological polar surface area (TPSA) is 92.5 Å². The van der Waals surface area contributed by atoms with Crippen LogP contribution in [0.4, 0.5) is 14.6 Å². The van der Waals surface area contributed by atoms with Crippen LogP contribution in [0.15, 0.2) is 36.8 Å². The molecule has 158 valence electrons. The zero-order chi connectivity index (χ0) is 21.5. The Hall–Kier alpha value is -3.10. The van der Waals surface area contributed by atoms with Crippen LogP contribution in [0.3, 0.4) is 0 Å². The summed E-state index contributed by atoms with van der Waals surface area (Å²) in [4.78, 5) is 8.67. The average molecular weight is 441 g/mol. The van der Waals surface area contributed by atoms with Gasteiger partial charge < -0.3 is 11.1 Å². The number of anilines is 1. The van der Waals surface area contributed by atoms with Crippen molar-refractivity contribution in [1.29, 1.82) is 0 Å². The van der Waals surface area contributed by atoms with Crippen molar-refractivity contribution in [1.82, 2.24) is 25.5 Å². The van der Waals surface area contributed by atoms with Crippen molar-refractivity contribution in [2.45, 2.75) is 18.8 Å². The van der Waals surface area contributed by atoms with Gasteiger partial charge in [0.05, 0.1) is 16.9 Å². The fourth-order valence-electron chi connectivity index (χ4n) is 4.13. The zero-order valence-corrected chi connectivity index (χ0v) is 17.2. The van der Waals surface area contributed by atoms with E-state index in [2.05, 4.69) is 25.5 Å². The van der Waals surface area contributed by atoms with Gasteiger partial charge in [-0.25, -0.2) is 13.8 Å². The third-order valence-corrected chi connectivity index (χ3v) is 6.17. The molecule has 1 aromatic carbocycles. The standard InChI is InChI=1S/C22H19ClF2N6/c23-20-13-6-19(28-9-16(13)17(24)7-18(20)25)14-5-12(8-29-22(14)26)15-10-30-31-21(15)11-1-3-27-4-2-11/h5-11,27H,1-4H2,(H2,26,29)(H,30,31). The highest BCUT2D eigenvalue weighted by Crippen LogP contribution is 2.36. The van der Waals surface area contributed by atoms with Crippen LogP contribution in [0.5, 0.6) is 0 Å². The van der Waals surface area contributed by atoms with E-state index in [-0.39, 0.29) is 21.6 Å². The fourth-order valence-corrected chi connectivity index (χ4v) is 4.34. The predicted octanol–water partition coefficient (Wildman–Crippen LogP) is 4.67. The lowest BCUT2D eigenvalue weighted by atomic mass is 9.90. The first kappa shape index (κ1) is 19.8. The molecule has 1 aliphatic heterocycles. The van der Waals surface area contributed by atoms with Crippen LogP contribution < -0.4 is 11.1 Å². The van der Waals surface area contributed by atoms with Gasteiger partial charge in [0.25, 0.3) is 0 Å². The Morgan fingerprint density at radius 3 is 2.55 bits per heavy atom. The summed E-state index contributed by atoms with van der Waals surface area (Å²) in [6.07, 6.45) is 6.85. The molecule has 0 aliphatic carbocycles. The second-order valence-electron chi connectivity index (χ2n) is 7.65. The van der Waals surface area contributed by atoms with Gasteiger partial charge in [-0.1, -0.05) is 11.6 Å². The number of halogens is 3. The van der Waals surface area contributed by atoms with Gasteiger partial charge in [-0.05, 0) is 38.1 Å². The minimum Gasteiger partial charge on any atom is -0.383 e. The van der Waals surface area contributed by atoms with Crippen molar-refractivity contribution in [3.63, 3.8) is 0 Å². The van der Waals surface area contributed by atoms with Crippen LogP contribution in [0.2, 0.25) is 5.02 Å². The smallest absolute Gasteiger partial charge is 0.145 e. The molecular formula is C22H19ClF2N6. The lowest BCUT2D eigenvalue weighted by Gasteiger charge is -2.22. The number of nitrogens with one attached hydrogen (secondary N) is 2. The second kappa shape index (κ2) is 7.86. The molecule has 0 spiro atoms. The SMILES string of the molecule is Nc1ncc(-c2cn[nH]c2C2CCNCC2)cc1-c1cc2c(Cl)c(F)cc(F)c2cn1. The van der Waals surface area contributed by atoms with Gasteiger partial charge in [0, 0.05) is 57.5 Å². The highest BCUT2D eigenvalue weighted by molar-refractivity contribution is 6.35. The largest absolute Gasteiger partial charge is 0.383 e. The molecule has 9 heteroatoms. The van der Waals surface area contributed by atoms with Crippen LogP contribution in [0.25, 0.3) is 33.2 Å². The summed E-state index contributed by atoms with van der Waals surface area (Å²) in [6.45, 7) is 1.92. The molecule has 1 aliphatic rings. The van der Waals surface area contributed by atoms with E-state index in [0.717, 1.165) is 48.8 Å². The Labute approximate surface area is 181 Å². The first-order valence-corrected chi connectivity index (χ1v) is 10.3. The Balaban J connectivity index is 1.61. The molecule has 6 nitrogen and oxygen atoms in total. The number of piperidine rings is 1. The number of nitrogens with two attached hydrogens (primary N) is 1. The lowest BCUT2D eigenvalue weighted by Crippen LogP contribution is -2.27. The third kappa shape index (κ3) is 3.51. The van der Waals surface area contributed by atoms with E-state index in [1.807, 2.05) is 6.07 Å². The van der Waals surface area contributed by atoms with E-state index in [4.69, 9.17) is 17.3 Å². The van der Waals surface area contributed by atoms with E-state index in [9.17, 15) is 8.78 Å². The predicted molar refractivity (Wildman–Crippen MR) is 117 cm³/mol. The van der Waals surface area contributed by atoms with Crippen molar-refractivity contribution in [2.75, 3.05) is 18.8 Å². The highest BCUT2D eigenvalue weighted by atomic mass is 35.5. The summed E-state index contributed by atoms with van der Waals surface area (Å²) in [5.41, 5.74) is 9.98. The van der Waals surface area contributed by atoms with Crippen LogP contribution in [-0.4, -0.2) is 33.3 Å². The van der Waals surface area contributed by atoms with Gasteiger partial charge in [0.1, 0.15) is 17.5 Å². The number of hydrogen-bond acceptors (Lipinski definition) is 5. The molecule has 0 bridgehead atoms. The monoisotopic (exact) mass is 440 g/mol. The van der Waals surface area contributed by atoms with Gasteiger partial charge in [-0.3, -0.25) is 10.1 Å². The molecule has 5 rings (SSSR count). The average Bonchev–Trinajstić information content (AvgIpc) is 3.28. The molecule has 0 saturated carbocycles. The number of fused-ring (bicyclic) bond motifs is 1. The quantitative estimate of drug-likeness (QED) is 0.403.